The monoisotopic (exact) mass is 453 g/mol. The van der Waals surface area contributed by atoms with Crippen molar-refractivity contribution in [2.24, 2.45) is 0 Å². The number of nitrogens with zero attached hydrogens (tertiary/aromatic N) is 1. The molecule has 1 atom stereocenters. The molecular weight excluding hydrogens is 426 g/mol. The Labute approximate surface area is 199 Å². The highest BCUT2D eigenvalue weighted by Crippen LogP contribution is 2.43. The number of amides is 4. The molecular formula is C28H27N3O3. The molecule has 1 aliphatic carbocycles. The molecule has 0 spiro atoms. The van der Waals surface area contributed by atoms with Crippen LogP contribution in [0.5, 0.6) is 0 Å². The molecule has 5 rings (SSSR count). The van der Waals surface area contributed by atoms with Crippen molar-refractivity contribution in [2.45, 2.75) is 38.3 Å². The minimum Gasteiger partial charge on any atom is -0.344 e. The fraction of sp³-hybridized carbons (Fsp3) is 0.250. The molecule has 2 N–H and O–H groups in total. The van der Waals surface area contributed by atoms with Gasteiger partial charge in [0.15, 0.2) is 0 Å². The lowest BCUT2D eigenvalue weighted by Crippen LogP contribution is -2.43. The van der Waals surface area contributed by atoms with Crippen LogP contribution in [0.15, 0.2) is 72.8 Å². The number of carbonyl (C=O) groups excluding carboxylic acids is 3. The zero-order valence-electron chi connectivity index (χ0n) is 19.5. The Kier molecular flexibility index (Phi) is 5.24. The largest absolute Gasteiger partial charge is 0.344 e. The number of urea groups is 1. The van der Waals surface area contributed by atoms with E-state index in [0.29, 0.717) is 11.5 Å². The zero-order valence-corrected chi connectivity index (χ0v) is 19.5. The van der Waals surface area contributed by atoms with E-state index in [4.69, 9.17) is 0 Å². The second kappa shape index (κ2) is 8.13. The van der Waals surface area contributed by atoms with E-state index in [0.717, 1.165) is 32.7 Å². The number of hydrogen-bond acceptors (Lipinski definition) is 3. The van der Waals surface area contributed by atoms with Crippen molar-refractivity contribution in [2.75, 3.05) is 6.54 Å². The third-order valence-electron chi connectivity index (χ3n) is 6.87. The van der Waals surface area contributed by atoms with Gasteiger partial charge in [0, 0.05) is 0 Å². The van der Waals surface area contributed by atoms with Crippen molar-refractivity contribution >= 4 is 17.8 Å². The molecule has 3 aromatic carbocycles. The third kappa shape index (κ3) is 3.46. The summed E-state index contributed by atoms with van der Waals surface area (Å²) in [6.07, 6.45) is 0. The molecule has 1 fully saturated rings. The molecule has 34 heavy (non-hydrogen) atoms. The van der Waals surface area contributed by atoms with Gasteiger partial charge in [-0.3, -0.25) is 14.5 Å². The third-order valence-corrected chi connectivity index (χ3v) is 6.87. The number of benzene rings is 3. The molecule has 3 aromatic rings. The fourth-order valence-corrected chi connectivity index (χ4v) is 4.90. The summed E-state index contributed by atoms with van der Waals surface area (Å²) in [5.41, 5.74) is 4.80. The molecule has 172 valence electrons. The molecule has 1 aliphatic heterocycles. The summed E-state index contributed by atoms with van der Waals surface area (Å²) in [7, 11) is 0. The zero-order chi connectivity index (χ0) is 24.0. The Morgan fingerprint density at radius 1 is 0.941 bits per heavy atom. The van der Waals surface area contributed by atoms with Crippen LogP contribution in [0.1, 0.15) is 55.0 Å². The lowest BCUT2D eigenvalue weighted by Gasteiger charge is -2.23. The van der Waals surface area contributed by atoms with E-state index in [1.807, 2.05) is 72.8 Å². The first kappa shape index (κ1) is 21.9. The number of hydrogen-bond donors (Lipinski definition) is 2. The lowest BCUT2D eigenvalue weighted by molar-refractivity contribution is -0.135. The molecule has 6 heteroatoms. The smallest absolute Gasteiger partial charge is 0.325 e. The summed E-state index contributed by atoms with van der Waals surface area (Å²) in [4.78, 5) is 40.1. The van der Waals surface area contributed by atoms with Crippen molar-refractivity contribution in [3.8, 4) is 11.1 Å². The molecule has 4 amide bonds. The minimum atomic E-state index is -1.21. The van der Waals surface area contributed by atoms with Crippen LogP contribution in [0.3, 0.4) is 0 Å². The number of carbonyl (C=O) groups is 3. The average molecular weight is 454 g/mol. The first-order chi connectivity index (χ1) is 16.3. The predicted octanol–water partition coefficient (Wildman–Crippen LogP) is 4.46. The van der Waals surface area contributed by atoms with Gasteiger partial charge in [-0.25, -0.2) is 4.79 Å². The van der Waals surface area contributed by atoms with Crippen molar-refractivity contribution in [3.63, 3.8) is 0 Å². The topological polar surface area (TPSA) is 78.5 Å². The van der Waals surface area contributed by atoms with Crippen molar-refractivity contribution < 1.29 is 14.4 Å². The van der Waals surface area contributed by atoms with Gasteiger partial charge in [-0.15, -0.1) is 0 Å². The van der Waals surface area contributed by atoms with Gasteiger partial charge < -0.3 is 10.6 Å². The van der Waals surface area contributed by atoms with E-state index >= 15 is 0 Å². The van der Waals surface area contributed by atoms with Crippen LogP contribution in [0.2, 0.25) is 0 Å². The van der Waals surface area contributed by atoms with Crippen molar-refractivity contribution in [3.05, 3.63) is 95.1 Å². The van der Waals surface area contributed by atoms with Crippen molar-refractivity contribution in [1.82, 2.24) is 15.5 Å². The number of nitrogens with one attached hydrogen (secondary N) is 2. The Hall–Kier alpha value is -3.93. The highest BCUT2D eigenvalue weighted by molar-refractivity contribution is 6.09. The van der Waals surface area contributed by atoms with Crippen LogP contribution in [-0.4, -0.2) is 29.3 Å². The van der Waals surface area contributed by atoms with Gasteiger partial charge in [0.1, 0.15) is 12.1 Å². The Morgan fingerprint density at radius 3 is 2.06 bits per heavy atom. The Balaban J connectivity index is 1.35. The maximum atomic E-state index is 13.3. The van der Waals surface area contributed by atoms with Gasteiger partial charge in [0.2, 0.25) is 5.91 Å². The van der Waals surface area contributed by atoms with E-state index in [-0.39, 0.29) is 18.5 Å². The van der Waals surface area contributed by atoms with Gasteiger partial charge in [-0.05, 0) is 46.2 Å². The second-order valence-electron chi connectivity index (χ2n) is 9.40. The number of fused-ring (bicyclic) bond motifs is 3. The Morgan fingerprint density at radius 2 is 1.50 bits per heavy atom. The molecule has 2 aliphatic rings. The minimum absolute atomic E-state index is 0.323. The van der Waals surface area contributed by atoms with Gasteiger partial charge >= 0.3 is 6.03 Å². The molecule has 0 radical (unpaired) electrons. The molecule has 6 nitrogen and oxygen atoms in total. The summed E-state index contributed by atoms with van der Waals surface area (Å²) >= 11 is 0. The molecule has 1 saturated heterocycles. The average Bonchev–Trinajstić information content (AvgIpc) is 3.26. The van der Waals surface area contributed by atoms with Gasteiger partial charge in [0.05, 0.1) is 6.04 Å². The summed E-state index contributed by atoms with van der Waals surface area (Å²) < 4.78 is 0. The van der Waals surface area contributed by atoms with Crippen LogP contribution < -0.4 is 10.6 Å². The van der Waals surface area contributed by atoms with Crippen molar-refractivity contribution in [1.29, 1.82) is 0 Å². The summed E-state index contributed by atoms with van der Waals surface area (Å²) in [5.74, 6) is -0.460. The highest BCUT2D eigenvalue weighted by atomic mass is 16.2. The first-order valence-corrected chi connectivity index (χ1v) is 11.5. The highest BCUT2D eigenvalue weighted by Gasteiger charge is 2.49. The van der Waals surface area contributed by atoms with E-state index in [1.165, 1.54) is 0 Å². The van der Waals surface area contributed by atoms with Crippen LogP contribution in [-0.2, 0) is 15.1 Å². The fourth-order valence-electron chi connectivity index (χ4n) is 4.90. The van der Waals surface area contributed by atoms with Crippen LogP contribution in [0, 0.1) is 0 Å². The van der Waals surface area contributed by atoms with E-state index in [1.54, 1.807) is 6.92 Å². The van der Waals surface area contributed by atoms with Crippen LogP contribution in [0.25, 0.3) is 11.1 Å². The Bertz CT molecular complexity index is 1250. The molecule has 0 saturated carbocycles. The van der Waals surface area contributed by atoms with Crippen LogP contribution in [0.4, 0.5) is 4.79 Å². The summed E-state index contributed by atoms with van der Waals surface area (Å²) in [6, 6.07) is 22.7. The van der Waals surface area contributed by atoms with E-state index in [9.17, 15) is 14.4 Å². The second-order valence-corrected chi connectivity index (χ2v) is 9.40. The van der Waals surface area contributed by atoms with Gasteiger partial charge in [0.25, 0.3) is 5.91 Å². The molecule has 0 bridgehead atoms. The first-order valence-electron chi connectivity index (χ1n) is 11.5. The number of rotatable bonds is 5. The number of imide groups is 1. The summed E-state index contributed by atoms with van der Waals surface area (Å²) in [6.45, 7) is 5.53. The SMILES string of the molecule is CC(C)c1ccc([C@]2(C)NC(=O)N(CC(=O)NC3c4ccccc4-c4ccccc43)C2=O)cc1. The van der Waals surface area contributed by atoms with Crippen LogP contribution >= 0.6 is 0 Å². The molecule has 0 aromatic heterocycles. The predicted molar refractivity (Wildman–Crippen MR) is 130 cm³/mol. The molecule has 0 unspecified atom stereocenters. The maximum Gasteiger partial charge on any atom is 0.325 e. The van der Waals surface area contributed by atoms with E-state index < -0.39 is 17.5 Å². The lowest BCUT2D eigenvalue weighted by atomic mass is 9.90. The summed E-state index contributed by atoms with van der Waals surface area (Å²) in [5, 5.41) is 5.82. The standard InChI is InChI=1S/C28H27N3O3/c1-17(2)18-12-14-19(15-13-18)28(3)26(33)31(27(34)30-28)16-24(32)29-25-22-10-6-4-8-20(22)21-9-5-7-11-23(21)25/h4-15,17,25H,16H2,1-3H3,(H,29,32)(H,30,34)/t28-/m0/s1. The van der Waals surface area contributed by atoms with E-state index in [2.05, 4.69) is 24.5 Å². The maximum absolute atomic E-state index is 13.3. The quantitative estimate of drug-likeness (QED) is 0.560. The van der Waals surface area contributed by atoms with Gasteiger partial charge in [-0.2, -0.15) is 0 Å². The molecule has 1 heterocycles. The normalized spacial score (nSPS) is 19.2. The van der Waals surface area contributed by atoms with Gasteiger partial charge in [-0.1, -0.05) is 86.6 Å².